The number of hydrogen-bond acceptors (Lipinski definition) is 5. The molecule has 0 saturated heterocycles. The van der Waals surface area contributed by atoms with Crippen molar-refractivity contribution in [1.82, 2.24) is 4.98 Å². The van der Waals surface area contributed by atoms with Crippen molar-refractivity contribution in [1.29, 1.82) is 0 Å². The van der Waals surface area contributed by atoms with Gasteiger partial charge in [-0.3, -0.25) is 10.1 Å². The van der Waals surface area contributed by atoms with Crippen molar-refractivity contribution in [3.8, 4) is 11.7 Å². The number of aryl methyl sites for hydroxylation is 2. The molecule has 2 heterocycles. The van der Waals surface area contributed by atoms with Gasteiger partial charge < -0.3 is 9.15 Å². The van der Waals surface area contributed by atoms with E-state index in [0.717, 1.165) is 10.4 Å². The molecule has 0 saturated carbocycles. The van der Waals surface area contributed by atoms with E-state index in [1.54, 1.807) is 18.3 Å². The first-order chi connectivity index (χ1) is 10.6. The van der Waals surface area contributed by atoms with Gasteiger partial charge >= 0.3 is 0 Å². The fourth-order valence-corrected chi connectivity index (χ4v) is 2.45. The second-order valence-corrected chi connectivity index (χ2v) is 6.00. The quantitative estimate of drug-likeness (QED) is 0.775. The Morgan fingerprint density at radius 1 is 1.18 bits per heavy atom. The topological polar surface area (TPSA) is 64.4 Å². The number of amides is 1. The summed E-state index contributed by atoms with van der Waals surface area (Å²) in [4.78, 5) is 17.1. The standard InChI is InChI=1S/C16H14N2O3S/c1-10-3-5-12(6-4-10)20-14-8-7-13(21-14)15(19)18-16-17-9-11(2)22-16/h3-9H,1-2H3,(H,17,18,19). The van der Waals surface area contributed by atoms with Crippen LogP contribution < -0.4 is 10.1 Å². The third-order valence-corrected chi connectivity index (χ3v) is 3.71. The third-order valence-electron chi connectivity index (χ3n) is 2.89. The van der Waals surface area contributed by atoms with Crippen LogP contribution in [-0.2, 0) is 0 Å². The fraction of sp³-hybridized carbons (Fsp3) is 0.125. The number of anilines is 1. The second kappa shape index (κ2) is 6.03. The summed E-state index contributed by atoms with van der Waals surface area (Å²) in [6, 6.07) is 10.8. The first-order valence-corrected chi connectivity index (χ1v) is 7.50. The van der Waals surface area contributed by atoms with E-state index in [1.807, 2.05) is 38.1 Å². The van der Waals surface area contributed by atoms with Gasteiger partial charge in [-0.05, 0) is 32.0 Å². The van der Waals surface area contributed by atoms with Gasteiger partial charge in [-0.1, -0.05) is 17.7 Å². The summed E-state index contributed by atoms with van der Waals surface area (Å²) < 4.78 is 11.0. The maximum Gasteiger partial charge on any atom is 0.293 e. The molecule has 0 aliphatic carbocycles. The van der Waals surface area contributed by atoms with Gasteiger partial charge in [-0.2, -0.15) is 0 Å². The molecule has 112 valence electrons. The minimum atomic E-state index is -0.354. The highest BCUT2D eigenvalue weighted by atomic mass is 32.1. The van der Waals surface area contributed by atoms with Crippen LogP contribution in [-0.4, -0.2) is 10.9 Å². The summed E-state index contributed by atoms with van der Waals surface area (Å²) in [5.41, 5.74) is 1.14. The first kappa shape index (κ1) is 14.3. The summed E-state index contributed by atoms with van der Waals surface area (Å²) >= 11 is 1.41. The normalized spacial score (nSPS) is 10.5. The largest absolute Gasteiger partial charge is 0.426 e. The van der Waals surface area contributed by atoms with Crippen molar-refractivity contribution in [3.63, 3.8) is 0 Å². The van der Waals surface area contributed by atoms with Gasteiger partial charge in [0.25, 0.3) is 11.9 Å². The second-order valence-electron chi connectivity index (χ2n) is 4.76. The van der Waals surface area contributed by atoms with Crippen LogP contribution in [0.5, 0.6) is 11.7 Å². The van der Waals surface area contributed by atoms with Crippen LogP contribution in [0.3, 0.4) is 0 Å². The summed E-state index contributed by atoms with van der Waals surface area (Å²) in [5.74, 6) is 0.745. The zero-order chi connectivity index (χ0) is 15.5. The Kier molecular flexibility index (Phi) is 3.93. The van der Waals surface area contributed by atoms with Crippen molar-refractivity contribution < 1.29 is 13.9 Å². The van der Waals surface area contributed by atoms with Crippen LogP contribution in [0, 0.1) is 13.8 Å². The molecule has 0 atom stereocenters. The summed E-state index contributed by atoms with van der Waals surface area (Å²) in [7, 11) is 0. The van der Waals surface area contributed by atoms with E-state index in [9.17, 15) is 4.79 Å². The highest BCUT2D eigenvalue weighted by Crippen LogP contribution is 2.25. The number of thiazole rings is 1. The van der Waals surface area contributed by atoms with Crippen molar-refractivity contribution in [3.05, 3.63) is 58.8 Å². The minimum Gasteiger partial charge on any atom is -0.426 e. The molecular weight excluding hydrogens is 300 g/mol. The van der Waals surface area contributed by atoms with Crippen LogP contribution in [0.1, 0.15) is 21.0 Å². The first-order valence-electron chi connectivity index (χ1n) is 6.68. The maximum atomic E-state index is 12.0. The Bertz CT molecular complexity index is 790. The molecule has 0 fully saturated rings. The van der Waals surface area contributed by atoms with E-state index in [2.05, 4.69) is 10.3 Å². The molecule has 1 aromatic carbocycles. The molecular formula is C16H14N2O3S. The Balaban J connectivity index is 1.67. The van der Waals surface area contributed by atoms with Gasteiger partial charge in [0.2, 0.25) is 0 Å². The summed E-state index contributed by atoms with van der Waals surface area (Å²) in [6.07, 6.45) is 1.70. The zero-order valence-electron chi connectivity index (χ0n) is 12.1. The van der Waals surface area contributed by atoms with Crippen molar-refractivity contribution >= 4 is 22.4 Å². The number of benzene rings is 1. The highest BCUT2D eigenvalue weighted by molar-refractivity contribution is 7.15. The van der Waals surface area contributed by atoms with Gasteiger partial charge in [0.15, 0.2) is 10.9 Å². The number of carbonyl (C=O) groups excluding carboxylic acids is 1. The lowest BCUT2D eigenvalue weighted by molar-refractivity contribution is 0.0992. The minimum absolute atomic E-state index is 0.176. The Labute approximate surface area is 131 Å². The van der Waals surface area contributed by atoms with E-state index in [1.165, 1.54) is 11.3 Å². The third kappa shape index (κ3) is 3.35. The molecule has 3 aromatic rings. The van der Waals surface area contributed by atoms with Crippen LogP contribution in [0.25, 0.3) is 0 Å². The van der Waals surface area contributed by atoms with Gasteiger partial charge in [-0.15, -0.1) is 11.3 Å². The number of carbonyl (C=O) groups is 1. The van der Waals surface area contributed by atoms with Gasteiger partial charge in [0.1, 0.15) is 5.75 Å². The van der Waals surface area contributed by atoms with Crippen molar-refractivity contribution in [2.45, 2.75) is 13.8 Å². The maximum absolute atomic E-state index is 12.0. The average Bonchev–Trinajstić information content (AvgIpc) is 3.11. The van der Waals surface area contributed by atoms with E-state index in [0.29, 0.717) is 10.9 Å². The Hall–Kier alpha value is -2.60. The lowest BCUT2D eigenvalue weighted by Gasteiger charge is -2.02. The van der Waals surface area contributed by atoms with E-state index < -0.39 is 0 Å². The molecule has 3 rings (SSSR count). The highest BCUT2D eigenvalue weighted by Gasteiger charge is 2.14. The number of furan rings is 1. The lowest BCUT2D eigenvalue weighted by atomic mass is 10.2. The van der Waals surface area contributed by atoms with Gasteiger partial charge in [-0.25, -0.2) is 4.98 Å². The summed E-state index contributed by atoms with van der Waals surface area (Å²) in [6.45, 7) is 3.92. The summed E-state index contributed by atoms with van der Waals surface area (Å²) in [5, 5.41) is 3.22. The molecule has 0 aliphatic rings. The fourth-order valence-electron chi connectivity index (χ4n) is 1.79. The van der Waals surface area contributed by atoms with Crippen LogP contribution in [0.4, 0.5) is 5.13 Å². The molecule has 2 aromatic heterocycles. The number of nitrogens with zero attached hydrogens (tertiary/aromatic N) is 1. The molecule has 5 nitrogen and oxygen atoms in total. The van der Waals surface area contributed by atoms with Gasteiger partial charge in [0.05, 0.1) is 0 Å². The van der Waals surface area contributed by atoms with E-state index in [4.69, 9.17) is 9.15 Å². The molecule has 0 spiro atoms. The Morgan fingerprint density at radius 3 is 2.64 bits per heavy atom. The number of aromatic nitrogens is 1. The predicted octanol–water partition coefficient (Wildman–Crippen LogP) is 4.40. The Morgan fingerprint density at radius 2 is 1.95 bits per heavy atom. The molecule has 0 bridgehead atoms. The molecule has 0 aliphatic heterocycles. The van der Waals surface area contributed by atoms with Crippen molar-refractivity contribution in [2.24, 2.45) is 0 Å². The number of nitrogens with one attached hydrogen (secondary N) is 1. The molecule has 1 amide bonds. The van der Waals surface area contributed by atoms with Crippen LogP contribution in [0.15, 0.2) is 47.0 Å². The van der Waals surface area contributed by atoms with Crippen molar-refractivity contribution in [2.75, 3.05) is 5.32 Å². The average molecular weight is 314 g/mol. The van der Waals surface area contributed by atoms with Crippen LogP contribution >= 0.6 is 11.3 Å². The monoisotopic (exact) mass is 314 g/mol. The van der Waals surface area contributed by atoms with Gasteiger partial charge in [0, 0.05) is 17.1 Å². The van der Waals surface area contributed by atoms with E-state index >= 15 is 0 Å². The molecule has 0 unspecified atom stereocenters. The molecule has 1 N–H and O–H groups in total. The molecule has 0 radical (unpaired) electrons. The molecule has 22 heavy (non-hydrogen) atoms. The molecule has 6 heteroatoms. The number of ether oxygens (including phenoxy) is 1. The number of rotatable bonds is 4. The van der Waals surface area contributed by atoms with Crippen LogP contribution in [0.2, 0.25) is 0 Å². The number of hydrogen-bond donors (Lipinski definition) is 1. The predicted molar refractivity (Wildman–Crippen MR) is 84.8 cm³/mol. The SMILES string of the molecule is Cc1ccc(Oc2ccc(C(=O)Nc3ncc(C)s3)o2)cc1. The van der Waals surface area contributed by atoms with E-state index in [-0.39, 0.29) is 17.6 Å². The smallest absolute Gasteiger partial charge is 0.293 e. The zero-order valence-corrected chi connectivity index (χ0v) is 12.9. The lowest BCUT2D eigenvalue weighted by Crippen LogP contribution is -2.10.